The van der Waals surface area contributed by atoms with Gasteiger partial charge in [-0.25, -0.2) is 0 Å². The Bertz CT molecular complexity index is 328. The molecule has 1 heterocycles. The van der Waals surface area contributed by atoms with E-state index < -0.39 is 0 Å². The van der Waals surface area contributed by atoms with Crippen LogP contribution < -0.4 is 10.6 Å². The molecule has 0 aliphatic carbocycles. The second-order valence-corrected chi connectivity index (χ2v) is 4.19. The van der Waals surface area contributed by atoms with Gasteiger partial charge in [-0.2, -0.15) is 0 Å². The Hall–Kier alpha value is -1.36. The molecule has 1 aromatic rings. The van der Waals surface area contributed by atoms with E-state index in [1.807, 2.05) is 11.4 Å². The summed E-state index contributed by atoms with van der Waals surface area (Å²) in [7, 11) is 0. The van der Waals surface area contributed by atoms with Gasteiger partial charge in [-0.15, -0.1) is 11.3 Å². The van der Waals surface area contributed by atoms with Gasteiger partial charge in [-0.05, 0) is 17.0 Å². The largest absolute Gasteiger partial charge is 0.352 e. The molecular weight excluding hydrogens is 212 g/mol. The van der Waals surface area contributed by atoms with E-state index in [2.05, 4.69) is 10.6 Å². The van der Waals surface area contributed by atoms with Crippen LogP contribution in [0, 0.1) is 0 Å². The second-order valence-electron chi connectivity index (χ2n) is 3.19. The fourth-order valence-corrected chi connectivity index (χ4v) is 1.95. The van der Waals surface area contributed by atoms with Crippen LogP contribution in [0.2, 0.25) is 0 Å². The number of thiophene rings is 1. The molecule has 0 unspecified atom stereocenters. The Labute approximate surface area is 92.7 Å². The highest BCUT2D eigenvalue weighted by atomic mass is 32.1. The Balaban J connectivity index is 2.53. The van der Waals surface area contributed by atoms with Crippen molar-refractivity contribution in [2.45, 2.75) is 26.9 Å². The van der Waals surface area contributed by atoms with Crippen molar-refractivity contribution in [3.63, 3.8) is 0 Å². The highest BCUT2D eigenvalue weighted by Gasteiger charge is 2.04. The third-order valence-corrected chi connectivity index (χ3v) is 2.83. The molecule has 0 aliphatic rings. The van der Waals surface area contributed by atoms with Crippen LogP contribution in [0.15, 0.2) is 11.4 Å². The zero-order valence-electron chi connectivity index (χ0n) is 8.79. The van der Waals surface area contributed by atoms with Gasteiger partial charge >= 0.3 is 0 Å². The van der Waals surface area contributed by atoms with Crippen molar-refractivity contribution in [2.75, 3.05) is 0 Å². The summed E-state index contributed by atoms with van der Waals surface area (Å²) in [5.41, 5.74) is 1.06. The quantitative estimate of drug-likeness (QED) is 0.805. The molecule has 5 heteroatoms. The van der Waals surface area contributed by atoms with E-state index in [9.17, 15) is 9.59 Å². The smallest absolute Gasteiger partial charge is 0.217 e. The predicted octanol–water partition coefficient (Wildman–Crippen LogP) is 1.02. The lowest BCUT2D eigenvalue weighted by molar-refractivity contribution is -0.120. The monoisotopic (exact) mass is 226 g/mol. The van der Waals surface area contributed by atoms with E-state index >= 15 is 0 Å². The number of hydrogen-bond acceptors (Lipinski definition) is 3. The van der Waals surface area contributed by atoms with E-state index in [1.54, 1.807) is 11.3 Å². The number of amides is 2. The van der Waals surface area contributed by atoms with Crippen molar-refractivity contribution >= 4 is 23.2 Å². The summed E-state index contributed by atoms with van der Waals surface area (Å²) in [6.45, 7) is 4.02. The van der Waals surface area contributed by atoms with Crippen molar-refractivity contribution in [1.82, 2.24) is 10.6 Å². The Morgan fingerprint density at radius 3 is 2.40 bits per heavy atom. The van der Waals surface area contributed by atoms with Crippen LogP contribution in [0.3, 0.4) is 0 Å². The molecule has 0 bridgehead atoms. The van der Waals surface area contributed by atoms with E-state index in [1.165, 1.54) is 13.8 Å². The highest BCUT2D eigenvalue weighted by Crippen LogP contribution is 2.16. The molecule has 0 fully saturated rings. The summed E-state index contributed by atoms with van der Waals surface area (Å²) < 4.78 is 0. The summed E-state index contributed by atoms with van der Waals surface area (Å²) in [5.74, 6) is -0.0967. The van der Waals surface area contributed by atoms with Crippen molar-refractivity contribution in [1.29, 1.82) is 0 Å². The summed E-state index contributed by atoms with van der Waals surface area (Å²) in [6.07, 6.45) is 0. The molecule has 0 atom stereocenters. The maximum Gasteiger partial charge on any atom is 0.217 e. The van der Waals surface area contributed by atoms with Gasteiger partial charge in [0.25, 0.3) is 0 Å². The Morgan fingerprint density at radius 1 is 1.20 bits per heavy atom. The number of nitrogens with one attached hydrogen (secondary N) is 2. The van der Waals surface area contributed by atoms with Crippen LogP contribution in [0.25, 0.3) is 0 Å². The molecule has 0 aromatic carbocycles. The molecule has 1 rings (SSSR count). The first-order valence-corrected chi connectivity index (χ1v) is 5.51. The molecule has 2 N–H and O–H groups in total. The molecule has 0 radical (unpaired) electrons. The van der Waals surface area contributed by atoms with E-state index in [0.717, 1.165) is 10.4 Å². The fraction of sp³-hybridized carbons (Fsp3) is 0.400. The summed E-state index contributed by atoms with van der Waals surface area (Å²) in [6, 6.07) is 1.96. The number of carbonyl (C=O) groups is 2. The molecule has 0 aliphatic heterocycles. The molecule has 4 nitrogen and oxygen atoms in total. The van der Waals surface area contributed by atoms with Gasteiger partial charge < -0.3 is 10.6 Å². The lowest BCUT2D eigenvalue weighted by Gasteiger charge is -2.04. The maximum absolute atomic E-state index is 10.7. The van der Waals surface area contributed by atoms with Crippen molar-refractivity contribution in [3.8, 4) is 0 Å². The average molecular weight is 226 g/mol. The molecule has 1 aromatic heterocycles. The average Bonchev–Trinajstić information content (AvgIpc) is 2.58. The minimum Gasteiger partial charge on any atom is -0.352 e. The van der Waals surface area contributed by atoms with Crippen molar-refractivity contribution in [3.05, 3.63) is 21.9 Å². The van der Waals surface area contributed by atoms with E-state index in [-0.39, 0.29) is 11.8 Å². The first kappa shape index (κ1) is 11.7. The van der Waals surface area contributed by atoms with Gasteiger partial charge in [0.15, 0.2) is 0 Å². The standard InChI is InChI=1S/C10H14N2O2S/c1-7(13)11-5-9-3-4-15-10(9)6-12-8(2)14/h3-4H,5-6H2,1-2H3,(H,11,13)(H,12,14). The second kappa shape index (κ2) is 5.50. The molecule has 2 amide bonds. The highest BCUT2D eigenvalue weighted by molar-refractivity contribution is 7.10. The summed E-state index contributed by atoms with van der Waals surface area (Å²) >= 11 is 1.58. The van der Waals surface area contributed by atoms with Gasteiger partial charge in [-0.1, -0.05) is 0 Å². The fourth-order valence-electron chi connectivity index (χ4n) is 1.10. The zero-order chi connectivity index (χ0) is 11.3. The SMILES string of the molecule is CC(=O)NCc1ccsc1CNC(C)=O. The molecule has 15 heavy (non-hydrogen) atoms. The van der Waals surface area contributed by atoms with Crippen LogP contribution in [0.1, 0.15) is 24.3 Å². The van der Waals surface area contributed by atoms with Crippen molar-refractivity contribution in [2.24, 2.45) is 0 Å². The number of carbonyl (C=O) groups excluding carboxylic acids is 2. The minimum absolute atomic E-state index is 0.0473. The topological polar surface area (TPSA) is 58.2 Å². The number of hydrogen-bond donors (Lipinski definition) is 2. The van der Waals surface area contributed by atoms with Gasteiger partial charge in [0.1, 0.15) is 0 Å². The van der Waals surface area contributed by atoms with Crippen LogP contribution in [0.5, 0.6) is 0 Å². The molecule has 82 valence electrons. The first-order valence-electron chi connectivity index (χ1n) is 4.63. The van der Waals surface area contributed by atoms with Gasteiger partial charge in [-0.3, -0.25) is 9.59 Å². The van der Waals surface area contributed by atoms with E-state index in [0.29, 0.717) is 13.1 Å². The van der Waals surface area contributed by atoms with Crippen LogP contribution in [-0.2, 0) is 22.7 Å². The van der Waals surface area contributed by atoms with Crippen LogP contribution in [-0.4, -0.2) is 11.8 Å². The lowest BCUT2D eigenvalue weighted by Crippen LogP contribution is -2.22. The molecule has 0 saturated heterocycles. The van der Waals surface area contributed by atoms with E-state index in [4.69, 9.17) is 0 Å². The minimum atomic E-state index is -0.0494. The predicted molar refractivity (Wildman–Crippen MR) is 59.4 cm³/mol. The van der Waals surface area contributed by atoms with Gasteiger partial charge in [0, 0.05) is 25.3 Å². The third kappa shape index (κ3) is 4.12. The third-order valence-electron chi connectivity index (χ3n) is 1.86. The van der Waals surface area contributed by atoms with Gasteiger partial charge in [0.05, 0.1) is 6.54 Å². The lowest BCUT2D eigenvalue weighted by atomic mass is 10.2. The van der Waals surface area contributed by atoms with Gasteiger partial charge in [0.2, 0.25) is 11.8 Å². The summed E-state index contributed by atoms with van der Waals surface area (Å²) in [4.78, 5) is 22.6. The molecule has 0 spiro atoms. The van der Waals surface area contributed by atoms with Crippen molar-refractivity contribution < 1.29 is 9.59 Å². The normalized spacial score (nSPS) is 9.73. The van der Waals surface area contributed by atoms with Crippen LogP contribution >= 0.6 is 11.3 Å². The van der Waals surface area contributed by atoms with Crippen LogP contribution in [0.4, 0.5) is 0 Å². The number of rotatable bonds is 4. The Kier molecular flexibility index (Phi) is 4.30. The maximum atomic E-state index is 10.7. The summed E-state index contributed by atoms with van der Waals surface area (Å²) in [5, 5.41) is 7.42. The Morgan fingerprint density at radius 2 is 1.80 bits per heavy atom. The molecule has 0 saturated carbocycles. The molecular formula is C10H14N2O2S. The zero-order valence-corrected chi connectivity index (χ0v) is 9.61. The first-order chi connectivity index (χ1) is 7.09.